The molecule has 7 N–H and O–H groups in total. The van der Waals surface area contributed by atoms with Crippen LogP contribution >= 0.6 is 12.4 Å². The van der Waals surface area contributed by atoms with E-state index in [1.807, 2.05) is 0 Å². The van der Waals surface area contributed by atoms with Crippen molar-refractivity contribution in [2.75, 3.05) is 52.5 Å². The molecule has 0 bridgehead atoms. The molecule has 0 unspecified atom stereocenters. The van der Waals surface area contributed by atoms with Crippen molar-refractivity contribution in [3.8, 4) is 0 Å². The number of likely N-dealkylation sites (tertiary alicyclic amines) is 2. The molecule has 3 amide bonds. The molecule has 12 nitrogen and oxygen atoms in total. The van der Waals surface area contributed by atoms with Crippen molar-refractivity contribution in [1.82, 2.24) is 15.1 Å². The molecule has 2 rings (SSSR count). The Kier molecular flexibility index (Phi) is 13.0. The maximum Gasteiger partial charge on any atom is 0.408 e. The molecule has 188 valence electrons. The quantitative estimate of drug-likeness (QED) is 0.245. The number of carbonyl (C=O) groups is 3. The standard InChI is InChI=1S/C12H22N2O5.C7H14N2O3.ClH/c1-12(2,3)19-11(18)13-4-10(17)14-5-8(7-15)9(16)6-14;8-1-7(12)9-2-5(4-10)6(11)3-9;/h8-9,15-16H,4-7H2,1-3H3,(H,13,18);5-6,10-11H,1-4,8H2;1H/t8-,9-;5-,6-;/m00./s1. The fraction of sp³-hybridized carbons (Fsp3) is 0.842. The van der Waals surface area contributed by atoms with Crippen molar-refractivity contribution in [2.24, 2.45) is 17.6 Å². The largest absolute Gasteiger partial charge is 0.444 e. The highest BCUT2D eigenvalue weighted by molar-refractivity contribution is 5.85. The molecular weight excluding hydrogens is 448 g/mol. The van der Waals surface area contributed by atoms with Gasteiger partial charge in [0, 0.05) is 38.0 Å². The number of carbonyl (C=O) groups excluding carboxylic acids is 3. The van der Waals surface area contributed by atoms with Crippen LogP contribution in [0.25, 0.3) is 0 Å². The summed E-state index contributed by atoms with van der Waals surface area (Å²) < 4.78 is 5.00. The van der Waals surface area contributed by atoms with E-state index in [0.717, 1.165) is 0 Å². The second-order valence-electron chi connectivity index (χ2n) is 8.68. The lowest BCUT2D eigenvalue weighted by atomic mass is 10.1. The van der Waals surface area contributed by atoms with Crippen LogP contribution in [0.2, 0.25) is 0 Å². The van der Waals surface area contributed by atoms with Crippen molar-refractivity contribution in [1.29, 1.82) is 0 Å². The van der Waals surface area contributed by atoms with Crippen LogP contribution in [-0.2, 0) is 14.3 Å². The highest BCUT2D eigenvalue weighted by Gasteiger charge is 2.34. The number of ether oxygens (including phenoxy) is 1. The lowest BCUT2D eigenvalue weighted by molar-refractivity contribution is -0.130. The summed E-state index contributed by atoms with van der Waals surface area (Å²) in [4.78, 5) is 37.1. The monoisotopic (exact) mass is 484 g/mol. The Hall–Kier alpha value is -1.70. The number of nitrogens with one attached hydrogen (secondary N) is 1. The van der Waals surface area contributed by atoms with Crippen LogP contribution in [0, 0.1) is 11.8 Å². The zero-order chi connectivity index (χ0) is 23.8. The average molecular weight is 485 g/mol. The topological polar surface area (TPSA) is 186 Å². The fourth-order valence-corrected chi connectivity index (χ4v) is 3.18. The Morgan fingerprint density at radius 1 is 0.938 bits per heavy atom. The van der Waals surface area contributed by atoms with E-state index < -0.39 is 23.9 Å². The SMILES string of the molecule is CC(C)(C)OC(=O)NCC(=O)N1C[C@@H](CO)[C@@H](O)C1.Cl.NCC(=O)N1C[C@@H](CO)[C@@H](O)C1. The third kappa shape index (κ3) is 9.84. The Bertz CT molecular complexity index is 619. The number of aliphatic hydroxyl groups excluding tert-OH is 4. The molecule has 0 spiro atoms. The number of amides is 3. The molecule has 2 saturated heterocycles. The number of nitrogens with zero attached hydrogens (tertiary/aromatic N) is 2. The van der Waals surface area contributed by atoms with E-state index in [9.17, 15) is 24.6 Å². The molecule has 4 atom stereocenters. The predicted octanol–water partition coefficient (Wildman–Crippen LogP) is -2.50. The molecule has 2 aliphatic heterocycles. The summed E-state index contributed by atoms with van der Waals surface area (Å²) in [5, 5.41) is 39.0. The number of rotatable bonds is 5. The fourth-order valence-electron chi connectivity index (χ4n) is 3.18. The number of hydrogen-bond acceptors (Lipinski definition) is 9. The highest BCUT2D eigenvalue weighted by Crippen LogP contribution is 2.17. The van der Waals surface area contributed by atoms with E-state index >= 15 is 0 Å². The molecule has 0 aromatic rings. The van der Waals surface area contributed by atoms with Crippen molar-refractivity contribution in [2.45, 2.75) is 38.6 Å². The Labute approximate surface area is 194 Å². The molecule has 2 fully saturated rings. The second kappa shape index (κ2) is 13.8. The normalized spacial score (nSPS) is 24.9. The lowest BCUT2D eigenvalue weighted by Gasteiger charge is -2.20. The van der Waals surface area contributed by atoms with E-state index in [4.69, 9.17) is 20.7 Å². The Morgan fingerprint density at radius 2 is 1.38 bits per heavy atom. The first kappa shape index (κ1) is 30.3. The Morgan fingerprint density at radius 3 is 1.72 bits per heavy atom. The molecular formula is C19H37ClN4O8. The molecule has 0 aliphatic carbocycles. The second-order valence-corrected chi connectivity index (χ2v) is 8.68. The van der Waals surface area contributed by atoms with Crippen LogP contribution in [0.1, 0.15) is 20.8 Å². The maximum atomic E-state index is 11.8. The van der Waals surface area contributed by atoms with Gasteiger partial charge in [0.2, 0.25) is 11.8 Å². The number of aliphatic hydroxyl groups is 4. The first-order chi connectivity index (χ1) is 14.4. The number of halogens is 1. The summed E-state index contributed by atoms with van der Waals surface area (Å²) in [5.41, 5.74) is 4.54. The van der Waals surface area contributed by atoms with Crippen molar-refractivity contribution in [3.63, 3.8) is 0 Å². The summed E-state index contributed by atoms with van der Waals surface area (Å²) in [5.74, 6) is -1.00. The van der Waals surface area contributed by atoms with Gasteiger partial charge in [0.05, 0.1) is 32.0 Å². The van der Waals surface area contributed by atoms with Gasteiger partial charge in [-0.1, -0.05) is 0 Å². The zero-order valence-electron chi connectivity index (χ0n) is 18.8. The van der Waals surface area contributed by atoms with Gasteiger partial charge >= 0.3 is 6.09 Å². The molecule has 2 aliphatic rings. The summed E-state index contributed by atoms with van der Waals surface area (Å²) in [6.45, 7) is 5.91. The van der Waals surface area contributed by atoms with E-state index in [0.29, 0.717) is 19.6 Å². The van der Waals surface area contributed by atoms with Gasteiger partial charge in [-0.15, -0.1) is 12.4 Å². The van der Waals surface area contributed by atoms with Gasteiger partial charge in [0.15, 0.2) is 0 Å². The van der Waals surface area contributed by atoms with Crippen LogP contribution in [0.4, 0.5) is 4.79 Å². The molecule has 0 radical (unpaired) electrons. The molecule has 32 heavy (non-hydrogen) atoms. The lowest BCUT2D eigenvalue weighted by Crippen LogP contribution is -2.41. The molecule has 0 saturated carbocycles. The molecule has 13 heteroatoms. The zero-order valence-corrected chi connectivity index (χ0v) is 19.6. The average Bonchev–Trinajstić information content (AvgIpc) is 3.26. The van der Waals surface area contributed by atoms with Gasteiger partial charge in [0.1, 0.15) is 12.1 Å². The minimum Gasteiger partial charge on any atom is -0.444 e. The maximum absolute atomic E-state index is 11.8. The van der Waals surface area contributed by atoms with Gasteiger partial charge in [-0.3, -0.25) is 9.59 Å². The van der Waals surface area contributed by atoms with Crippen molar-refractivity contribution < 1.29 is 39.5 Å². The summed E-state index contributed by atoms with van der Waals surface area (Å²) >= 11 is 0. The van der Waals surface area contributed by atoms with Crippen molar-refractivity contribution in [3.05, 3.63) is 0 Å². The van der Waals surface area contributed by atoms with E-state index in [1.165, 1.54) is 9.80 Å². The number of hydrogen-bond donors (Lipinski definition) is 6. The van der Waals surface area contributed by atoms with Crippen molar-refractivity contribution >= 4 is 30.3 Å². The van der Waals surface area contributed by atoms with Gasteiger partial charge in [-0.05, 0) is 20.8 Å². The molecule has 0 aromatic heterocycles. The predicted molar refractivity (Wildman–Crippen MR) is 117 cm³/mol. The van der Waals surface area contributed by atoms with Crippen LogP contribution in [0.3, 0.4) is 0 Å². The van der Waals surface area contributed by atoms with Gasteiger partial charge in [-0.25, -0.2) is 4.79 Å². The number of β-amino-alcohol motifs (C(OH)–C–C–N with tert-alkyl or cyclic N) is 2. The van der Waals surface area contributed by atoms with Crippen LogP contribution in [0.5, 0.6) is 0 Å². The van der Waals surface area contributed by atoms with Crippen LogP contribution < -0.4 is 11.1 Å². The summed E-state index contributed by atoms with van der Waals surface area (Å²) in [6, 6.07) is 0. The third-order valence-corrected chi connectivity index (χ3v) is 4.94. The first-order valence-electron chi connectivity index (χ1n) is 10.2. The number of nitrogens with two attached hydrogens (primary N) is 1. The van der Waals surface area contributed by atoms with E-state index in [-0.39, 0.29) is 68.9 Å². The summed E-state index contributed by atoms with van der Waals surface area (Å²) in [6.07, 6.45) is -1.97. The minimum absolute atomic E-state index is 0. The smallest absolute Gasteiger partial charge is 0.408 e. The van der Waals surface area contributed by atoms with E-state index in [2.05, 4.69) is 5.32 Å². The Balaban J connectivity index is 0.000000639. The van der Waals surface area contributed by atoms with Crippen LogP contribution in [-0.4, -0.2) is 118 Å². The van der Waals surface area contributed by atoms with Crippen LogP contribution in [0.15, 0.2) is 0 Å². The highest BCUT2D eigenvalue weighted by atomic mass is 35.5. The summed E-state index contributed by atoms with van der Waals surface area (Å²) in [7, 11) is 0. The third-order valence-electron chi connectivity index (χ3n) is 4.94. The van der Waals surface area contributed by atoms with Gasteiger partial charge in [0.25, 0.3) is 0 Å². The first-order valence-corrected chi connectivity index (χ1v) is 10.2. The molecule has 2 heterocycles. The van der Waals surface area contributed by atoms with E-state index in [1.54, 1.807) is 20.8 Å². The van der Waals surface area contributed by atoms with Gasteiger partial charge < -0.3 is 46.0 Å². The minimum atomic E-state index is -0.713. The van der Waals surface area contributed by atoms with Gasteiger partial charge in [-0.2, -0.15) is 0 Å². The molecule has 0 aromatic carbocycles. The number of alkyl carbamates (subject to hydrolysis) is 1.